The van der Waals surface area contributed by atoms with Crippen molar-refractivity contribution in [2.24, 2.45) is 0 Å². The summed E-state index contributed by atoms with van der Waals surface area (Å²) in [5.74, 6) is -0.298. The van der Waals surface area contributed by atoms with Crippen LogP contribution in [0.2, 0.25) is 0 Å². The zero-order valence-corrected chi connectivity index (χ0v) is 20.4. The number of hydrogen-bond donors (Lipinski definition) is 0. The number of carbonyl (C=O) groups excluding carboxylic acids is 1. The predicted octanol–water partition coefficient (Wildman–Crippen LogP) is 5.31. The standard InChI is InChI=1S/C28H26F3N3O3/c1-19(33(15-16-37-2)26(35)21-11-8-12-22(17-21)28(29,30)31)25-32-24-14-7-6-13-23(24)27(36)34(25)18-20-9-4-3-5-10-20/h3-14,17,19H,15-16,18H2,1-2H3. The van der Waals surface area contributed by atoms with Crippen LogP contribution in [-0.2, 0) is 17.5 Å². The van der Waals surface area contributed by atoms with Crippen LogP contribution in [0.1, 0.15) is 40.3 Å². The summed E-state index contributed by atoms with van der Waals surface area (Å²) in [6.07, 6.45) is -4.59. The second-order valence-electron chi connectivity index (χ2n) is 8.61. The SMILES string of the molecule is COCCN(C(=O)c1cccc(C(F)(F)F)c1)C(C)c1nc2ccccc2c(=O)n1Cc1ccccc1. The second-order valence-corrected chi connectivity index (χ2v) is 8.61. The molecule has 4 aromatic rings. The van der Waals surface area contributed by atoms with E-state index in [1.165, 1.54) is 28.7 Å². The fourth-order valence-corrected chi connectivity index (χ4v) is 4.22. The molecule has 0 fully saturated rings. The Morgan fingerprint density at radius 3 is 2.43 bits per heavy atom. The number of ether oxygens (including phenoxy) is 1. The van der Waals surface area contributed by atoms with Gasteiger partial charge in [-0.25, -0.2) is 4.98 Å². The van der Waals surface area contributed by atoms with Gasteiger partial charge in [0.2, 0.25) is 0 Å². The van der Waals surface area contributed by atoms with Gasteiger partial charge in [-0.3, -0.25) is 14.2 Å². The molecule has 6 nitrogen and oxygen atoms in total. The molecule has 1 atom stereocenters. The Morgan fingerprint density at radius 2 is 1.73 bits per heavy atom. The third-order valence-corrected chi connectivity index (χ3v) is 6.15. The highest BCUT2D eigenvalue weighted by atomic mass is 19.4. The molecule has 0 aliphatic heterocycles. The Kier molecular flexibility index (Phi) is 7.73. The topological polar surface area (TPSA) is 64.4 Å². The predicted molar refractivity (Wildman–Crippen MR) is 134 cm³/mol. The van der Waals surface area contributed by atoms with E-state index in [1.807, 2.05) is 30.3 Å². The van der Waals surface area contributed by atoms with E-state index >= 15 is 0 Å². The first-order chi connectivity index (χ1) is 17.7. The summed E-state index contributed by atoms with van der Waals surface area (Å²) >= 11 is 0. The van der Waals surface area contributed by atoms with Crippen molar-refractivity contribution in [1.29, 1.82) is 0 Å². The average molecular weight is 510 g/mol. The van der Waals surface area contributed by atoms with Crippen LogP contribution in [0.25, 0.3) is 10.9 Å². The number of benzene rings is 3. The molecule has 9 heteroatoms. The fraction of sp³-hybridized carbons (Fsp3) is 0.250. The van der Waals surface area contributed by atoms with E-state index in [4.69, 9.17) is 9.72 Å². The third-order valence-electron chi connectivity index (χ3n) is 6.15. The van der Waals surface area contributed by atoms with Gasteiger partial charge >= 0.3 is 6.18 Å². The summed E-state index contributed by atoms with van der Waals surface area (Å²) in [6.45, 7) is 2.15. The summed E-state index contributed by atoms with van der Waals surface area (Å²) < 4.78 is 46.6. The molecule has 0 aliphatic carbocycles. The van der Waals surface area contributed by atoms with Gasteiger partial charge in [-0.1, -0.05) is 48.5 Å². The average Bonchev–Trinajstić information content (AvgIpc) is 2.90. The number of amides is 1. The highest BCUT2D eigenvalue weighted by molar-refractivity contribution is 5.94. The van der Waals surface area contributed by atoms with Crippen molar-refractivity contribution in [2.75, 3.05) is 20.3 Å². The lowest BCUT2D eigenvalue weighted by Gasteiger charge is -2.30. The molecule has 0 spiro atoms. The van der Waals surface area contributed by atoms with Crippen molar-refractivity contribution in [3.8, 4) is 0 Å². The number of para-hydroxylation sites is 1. The van der Waals surface area contributed by atoms with Crippen LogP contribution in [0.4, 0.5) is 13.2 Å². The molecule has 3 aromatic carbocycles. The Balaban J connectivity index is 1.82. The first-order valence-corrected chi connectivity index (χ1v) is 11.7. The van der Waals surface area contributed by atoms with E-state index in [-0.39, 0.29) is 30.8 Å². The normalized spacial score (nSPS) is 12.5. The minimum absolute atomic E-state index is 0.0841. The maximum atomic E-state index is 13.6. The van der Waals surface area contributed by atoms with E-state index in [0.717, 1.165) is 17.7 Å². The van der Waals surface area contributed by atoms with E-state index in [9.17, 15) is 22.8 Å². The number of fused-ring (bicyclic) bond motifs is 1. The molecule has 1 heterocycles. The van der Waals surface area contributed by atoms with Gasteiger partial charge in [0.15, 0.2) is 0 Å². The second kappa shape index (κ2) is 11.0. The summed E-state index contributed by atoms with van der Waals surface area (Å²) in [5.41, 5.74) is 0.0344. The Hall–Kier alpha value is -3.98. The molecule has 37 heavy (non-hydrogen) atoms. The van der Waals surface area contributed by atoms with Crippen LogP contribution in [0.15, 0.2) is 83.7 Å². The molecular formula is C28H26F3N3O3. The number of hydrogen-bond acceptors (Lipinski definition) is 4. The molecule has 1 amide bonds. The molecule has 0 N–H and O–H groups in total. The lowest BCUT2D eigenvalue weighted by Crippen LogP contribution is -2.39. The molecule has 0 saturated heterocycles. The maximum Gasteiger partial charge on any atom is 0.416 e. The molecule has 0 radical (unpaired) electrons. The van der Waals surface area contributed by atoms with E-state index in [2.05, 4.69) is 0 Å². The van der Waals surface area contributed by atoms with Gasteiger partial charge in [0.1, 0.15) is 5.82 Å². The Morgan fingerprint density at radius 1 is 1.03 bits per heavy atom. The molecule has 0 bridgehead atoms. The summed E-state index contributed by atoms with van der Waals surface area (Å²) in [6, 6.07) is 19.8. The zero-order chi connectivity index (χ0) is 26.6. The van der Waals surface area contributed by atoms with Crippen LogP contribution in [0, 0.1) is 0 Å². The van der Waals surface area contributed by atoms with Crippen LogP contribution in [0.5, 0.6) is 0 Å². The molecule has 0 saturated carbocycles. The molecule has 1 aromatic heterocycles. The smallest absolute Gasteiger partial charge is 0.383 e. The van der Waals surface area contributed by atoms with Gasteiger partial charge in [-0.05, 0) is 42.8 Å². The summed E-state index contributed by atoms with van der Waals surface area (Å²) in [7, 11) is 1.47. The quantitative estimate of drug-likeness (QED) is 0.323. The maximum absolute atomic E-state index is 13.6. The summed E-state index contributed by atoms with van der Waals surface area (Å²) in [4.78, 5) is 33.2. The lowest BCUT2D eigenvalue weighted by atomic mass is 10.1. The minimum Gasteiger partial charge on any atom is -0.383 e. The first-order valence-electron chi connectivity index (χ1n) is 11.7. The fourth-order valence-electron chi connectivity index (χ4n) is 4.22. The van der Waals surface area contributed by atoms with Gasteiger partial charge in [0.25, 0.3) is 11.5 Å². The van der Waals surface area contributed by atoms with Crippen molar-refractivity contribution in [3.05, 3.63) is 112 Å². The third kappa shape index (κ3) is 5.72. The zero-order valence-electron chi connectivity index (χ0n) is 20.4. The largest absolute Gasteiger partial charge is 0.416 e. The van der Waals surface area contributed by atoms with Gasteiger partial charge in [-0.15, -0.1) is 0 Å². The van der Waals surface area contributed by atoms with Crippen molar-refractivity contribution < 1.29 is 22.7 Å². The van der Waals surface area contributed by atoms with Crippen LogP contribution >= 0.6 is 0 Å². The van der Waals surface area contributed by atoms with Crippen molar-refractivity contribution in [3.63, 3.8) is 0 Å². The van der Waals surface area contributed by atoms with Crippen LogP contribution < -0.4 is 5.56 Å². The molecule has 1 unspecified atom stereocenters. The minimum atomic E-state index is -4.59. The monoisotopic (exact) mass is 509 g/mol. The highest BCUT2D eigenvalue weighted by Crippen LogP contribution is 2.30. The number of methoxy groups -OCH3 is 1. The molecule has 4 rings (SSSR count). The van der Waals surface area contributed by atoms with Crippen LogP contribution in [0.3, 0.4) is 0 Å². The molecule has 0 aliphatic rings. The summed E-state index contributed by atoms with van der Waals surface area (Å²) in [5, 5.41) is 0.432. The number of rotatable bonds is 8. The number of halogens is 3. The molecule has 192 valence electrons. The lowest BCUT2D eigenvalue weighted by molar-refractivity contribution is -0.137. The number of nitrogens with zero attached hydrogens (tertiary/aromatic N) is 3. The van der Waals surface area contributed by atoms with Crippen LogP contribution in [-0.4, -0.2) is 40.6 Å². The van der Waals surface area contributed by atoms with Crippen molar-refractivity contribution >= 4 is 16.8 Å². The van der Waals surface area contributed by atoms with Crippen molar-refractivity contribution in [2.45, 2.75) is 25.7 Å². The number of aromatic nitrogens is 2. The van der Waals surface area contributed by atoms with E-state index < -0.39 is 23.7 Å². The van der Waals surface area contributed by atoms with Gasteiger partial charge in [-0.2, -0.15) is 13.2 Å². The van der Waals surface area contributed by atoms with Crippen molar-refractivity contribution in [1.82, 2.24) is 14.5 Å². The van der Waals surface area contributed by atoms with Gasteiger partial charge in [0, 0.05) is 19.2 Å². The molecular weight excluding hydrogens is 483 g/mol. The van der Waals surface area contributed by atoms with E-state index in [0.29, 0.717) is 16.7 Å². The Labute approximate surface area is 211 Å². The Bertz CT molecular complexity index is 1450. The highest BCUT2D eigenvalue weighted by Gasteiger charge is 2.32. The van der Waals surface area contributed by atoms with E-state index in [1.54, 1.807) is 31.2 Å². The number of carbonyl (C=O) groups is 1. The van der Waals surface area contributed by atoms with Gasteiger partial charge < -0.3 is 9.64 Å². The van der Waals surface area contributed by atoms with Gasteiger partial charge in [0.05, 0.1) is 35.7 Å². The number of alkyl halides is 3. The first kappa shape index (κ1) is 26.1.